The summed E-state index contributed by atoms with van der Waals surface area (Å²) in [5, 5.41) is 8.88. The molecule has 0 unspecified atom stereocenters. The van der Waals surface area contributed by atoms with Crippen LogP contribution in [0.4, 0.5) is 0 Å². The molecule has 2 rings (SSSR count). The Labute approximate surface area is 119 Å². The van der Waals surface area contributed by atoms with Crippen LogP contribution in [0.3, 0.4) is 0 Å². The molecule has 19 heavy (non-hydrogen) atoms. The van der Waals surface area contributed by atoms with Crippen LogP contribution in [0, 0.1) is 25.2 Å². The minimum Gasteiger partial charge on any atom is -0.291 e. The molecule has 0 saturated carbocycles. The number of halogens is 1. The summed E-state index contributed by atoms with van der Waals surface area (Å²) >= 11 is 3.43. The maximum absolute atomic E-state index is 11.9. The fraction of sp³-hybridized carbons (Fsp3) is 0.214. The van der Waals surface area contributed by atoms with Gasteiger partial charge in [0.25, 0.3) is 0 Å². The Morgan fingerprint density at radius 3 is 2.84 bits per heavy atom. The number of rotatable bonds is 2. The molecule has 0 N–H and O–H groups in total. The largest absolute Gasteiger partial charge is 0.348 e. The van der Waals surface area contributed by atoms with Gasteiger partial charge in [0.15, 0.2) is 0 Å². The molecule has 0 atom stereocenters. The van der Waals surface area contributed by atoms with E-state index < -0.39 is 0 Å². The van der Waals surface area contributed by atoms with E-state index in [0.29, 0.717) is 17.8 Å². The number of nitriles is 1. The average Bonchev–Trinajstić information content (AvgIpc) is 2.41. The maximum atomic E-state index is 11.9. The van der Waals surface area contributed by atoms with Crippen molar-refractivity contribution in [3.63, 3.8) is 0 Å². The molecule has 1 heterocycles. The normalized spacial score (nSPS) is 10.2. The molecule has 0 aliphatic heterocycles. The molecule has 1 aromatic carbocycles. The maximum Gasteiger partial charge on any atom is 0.348 e. The zero-order chi connectivity index (χ0) is 14.0. The highest BCUT2D eigenvalue weighted by Gasteiger charge is 2.09. The monoisotopic (exact) mass is 317 g/mol. The van der Waals surface area contributed by atoms with Crippen LogP contribution in [0.15, 0.2) is 33.5 Å². The summed E-state index contributed by atoms with van der Waals surface area (Å²) in [5.74, 6) is 0. The minimum atomic E-state index is -0.277. The summed E-state index contributed by atoms with van der Waals surface area (Å²) < 4.78 is 2.43. The number of benzene rings is 1. The van der Waals surface area contributed by atoms with Crippen molar-refractivity contribution in [2.45, 2.75) is 20.4 Å². The standard InChI is InChI=1S/C14H12BrN3O/c1-9-13(15)10(2)18(14(19)17-9)8-12-5-3-4-11(6-12)7-16/h3-6H,8H2,1-2H3. The van der Waals surface area contributed by atoms with E-state index in [0.717, 1.165) is 15.7 Å². The molecule has 2 aromatic rings. The van der Waals surface area contributed by atoms with Crippen molar-refractivity contribution in [3.05, 3.63) is 61.7 Å². The first-order valence-corrected chi connectivity index (χ1v) is 6.55. The highest BCUT2D eigenvalue weighted by molar-refractivity contribution is 9.10. The first kappa shape index (κ1) is 13.5. The van der Waals surface area contributed by atoms with Gasteiger partial charge in [-0.25, -0.2) is 4.79 Å². The summed E-state index contributed by atoms with van der Waals surface area (Å²) in [4.78, 5) is 15.9. The number of aryl methyl sites for hydroxylation is 1. The highest BCUT2D eigenvalue weighted by Crippen LogP contribution is 2.17. The third kappa shape index (κ3) is 2.74. The lowest BCUT2D eigenvalue weighted by Gasteiger charge is -2.12. The molecule has 96 valence electrons. The van der Waals surface area contributed by atoms with Gasteiger partial charge in [-0.05, 0) is 47.5 Å². The van der Waals surface area contributed by atoms with E-state index in [1.807, 2.05) is 19.1 Å². The molecule has 0 aliphatic rings. The van der Waals surface area contributed by atoms with Crippen LogP contribution in [0.5, 0.6) is 0 Å². The predicted molar refractivity (Wildman–Crippen MR) is 75.9 cm³/mol. The molecule has 5 heteroatoms. The Morgan fingerprint density at radius 2 is 2.16 bits per heavy atom. The van der Waals surface area contributed by atoms with Crippen molar-refractivity contribution in [3.8, 4) is 6.07 Å². The number of hydrogen-bond donors (Lipinski definition) is 0. The quantitative estimate of drug-likeness (QED) is 0.855. The Bertz CT molecular complexity index is 728. The van der Waals surface area contributed by atoms with Gasteiger partial charge in [0.2, 0.25) is 0 Å². The van der Waals surface area contributed by atoms with Gasteiger partial charge in [0, 0.05) is 5.69 Å². The second kappa shape index (κ2) is 5.37. The van der Waals surface area contributed by atoms with Crippen molar-refractivity contribution < 1.29 is 0 Å². The third-order valence-corrected chi connectivity index (χ3v) is 4.08. The van der Waals surface area contributed by atoms with Crippen LogP contribution in [-0.2, 0) is 6.54 Å². The van der Waals surface area contributed by atoms with Gasteiger partial charge in [0.05, 0.1) is 28.3 Å². The molecule has 0 amide bonds. The van der Waals surface area contributed by atoms with E-state index >= 15 is 0 Å². The topological polar surface area (TPSA) is 58.7 Å². The second-order valence-electron chi connectivity index (χ2n) is 4.28. The molecule has 0 fully saturated rings. The molecule has 0 spiro atoms. The van der Waals surface area contributed by atoms with Crippen molar-refractivity contribution in [2.75, 3.05) is 0 Å². The van der Waals surface area contributed by atoms with E-state index in [9.17, 15) is 4.79 Å². The third-order valence-electron chi connectivity index (χ3n) is 2.93. The summed E-state index contributed by atoms with van der Waals surface area (Å²) in [7, 11) is 0. The number of nitrogens with zero attached hydrogens (tertiary/aromatic N) is 3. The molecule has 4 nitrogen and oxygen atoms in total. The zero-order valence-corrected chi connectivity index (χ0v) is 12.2. The Hall–Kier alpha value is -1.93. The highest BCUT2D eigenvalue weighted by atomic mass is 79.9. The van der Waals surface area contributed by atoms with Gasteiger partial charge in [-0.3, -0.25) is 4.57 Å². The van der Waals surface area contributed by atoms with Crippen LogP contribution in [0.25, 0.3) is 0 Å². The fourth-order valence-corrected chi connectivity index (χ4v) is 2.19. The Morgan fingerprint density at radius 1 is 1.42 bits per heavy atom. The van der Waals surface area contributed by atoms with Crippen LogP contribution in [-0.4, -0.2) is 9.55 Å². The Kier molecular flexibility index (Phi) is 3.82. The van der Waals surface area contributed by atoms with Gasteiger partial charge < -0.3 is 0 Å². The van der Waals surface area contributed by atoms with E-state index in [2.05, 4.69) is 27.0 Å². The number of hydrogen-bond acceptors (Lipinski definition) is 3. The van der Waals surface area contributed by atoms with Crippen LogP contribution in [0.1, 0.15) is 22.5 Å². The van der Waals surface area contributed by atoms with Gasteiger partial charge in [0.1, 0.15) is 0 Å². The van der Waals surface area contributed by atoms with Crippen molar-refractivity contribution in [1.29, 1.82) is 5.26 Å². The zero-order valence-electron chi connectivity index (χ0n) is 10.6. The van der Waals surface area contributed by atoms with Gasteiger partial charge in [-0.2, -0.15) is 10.2 Å². The molecule has 0 bridgehead atoms. The van der Waals surface area contributed by atoms with Crippen molar-refractivity contribution in [2.24, 2.45) is 0 Å². The molecule has 0 radical (unpaired) electrons. The van der Waals surface area contributed by atoms with E-state index in [4.69, 9.17) is 5.26 Å². The van der Waals surface area contributed by atoms with Crippen molar-refractivity contribution in [1.82, 2.24) is 9.55 Å². The van der Waals surface area contributed by atoms with Gasteiger partial charge in [-0.1, -0.05) is 12.1 Å². The molecular formula is C14H12BrN3O. The summed E-state index contributed by atoms with van der Waals surface area (Å²) in [6.07, 6.45) is 0. The average molecular weight is 318 g/mol. The summed E-state index contributed by atoms with van der Waals surface area (Å²) in [6.45, 7) is 4.07. The van der Waals surface area contributed by atoms with E-state index in [-0.39, 0.29) is 5.69 Å². The lowest BCUT2D eigenvalue weighted by atomic mass is 10.1. The van der Waals surface area contributed by atoms with E-state index in [1.54, 1.807) is 23.6 Å². The molecule has 0 saturated heterocycles. The van der Waals surface area contributed by atoms with Crippen LogP contribution >= 0.6 is 15.9 Å². The fourth-order valence-electron chi connectivity index (χ4n) is 1.88. The van der Waals surface area contributed by atoms with Crippen LogP contribution < -0.4 is 5.69 Å². The Balaban J connectivity index is 2.47. The number of aromatic nitrogens is 2. The first-order chi connectivity index (χ1) is 9.02. The minimum absolute atomic E-state index is 0.277. The smallest absolute Gasteiger partial charge is 0.291 e. The summed E-state index contributed by atoms with van der Waals surface area (Å²) in [6, 6.07) is 9.31. The predicted octanol–water partition coefficient (Wildman–Crippen LogP) is 2.54. The lowest BCUT2D eigenvalue weighted by Crippen LogP contribution is -2.26. The lowest BCUT2D eigenvalue weighted by molar-refractivity contribution is 0.688. The molecule has 0 aliphatic carbocycles. The second-order valence-corrected chi connectivity index (χ2v) is 5.07. The van der Waals surface area contributed by atoms with Gasteiger partial charge >= 0.3 is 5.69 Å². The first-order valence-electron chi connectivity index (χ1n) is 5.75. The molecule has 1 aromatic heterocycles. The summed E-state index contributed by atoms with van der Waals surface area (Å²) in [5.41, 5.74) is 2.73. The molecular weight excluding hydrogens is 306 g/mol. The van der Waals surface area contributed by atoms with E-state index in [1.165, 1.54) is 0 Å². The van der Waals surface area contributed by atoms with Crippen molar-refractivity contribution >= 4 is 15.9 Å². The van der Waals surface area contributed by atoms with Crippen LogP contribution in [0.2, 0.25) is 0 Å². The van der Waals surface area contributed by atoms with Gasteiger partial charge in [-0.15, -0.1) is 0 Å². The SMILES string of the molecule is Cc1nc(=O)n(Cc2cccc(C#N)c2)c(C)c1Br.